The summed E-state index contributed by atoms with van der Waals surface area (Å²) in [5.41, 5.74) is 0. The molecule has 1 aromatic heterocycles. The minimum absolute atomic E-state index is 0.0336. The molecule has 6 heteroatoms. The van der Waals surface area contributed by atoms with Gasteiger partial charge in [0.1, 0.15) is 5.75 Å². The molecule has 0 spiro atoms. The van der Waals surface area contributed by atoms with Crippen LogP contribution in [0.3, 0.4) is 0 Å². The Morgan fingerprint density at radius 3 is 2.33 bits per heavy atom. The van der Waals surface area contributed by atoms with Gasteiger partial charge in [-0.3, -0.25) is 4.68 Å². The zero-order valence-electron chi connectivity index (χ0n) is 10.1. The summed E-state index contributed by atoms with van der Waals surface area (Å²) in [5, 5.41) is 13.4. The minimum Gasteiger partial charge on any atom is -0.508 e. The van der Waals surface area contributed by atoms with Crippen LogP contribution in [0.15, 0.2) is 46.5 Å². The fourth-order valence-electron chi connectivity index (χ4n) is 1.65. The molecule has 0 atom stereocenters. The van der Waals surface area contributed by atoms with E-state index in [1.165, 1.54) is 41.2 Å². The first-order valence-electron chi connectivity index (χ1n) is 5.50. The number of hydrogen-bond acceptors (Lipinski definition) is 4. The molecule has 2 aromatic rings. The molecule has 0 amide bonds. The summed E-state index contributed by atoms with van der Waals surface area (Å²) in [5.74, 6) is 0.0336. The molecule has 0 unspecified atom stereocenters. The van der Waals surface area contributed by atoms with Gasteiger partial charge in [0.25, 0.3) is 0 Å². The van der Waals surface area contributed by atoms with Crippen molar-refractivity contribution in [3.63, 3.8) is 0 Å². The zero-order chi connectivity index (χ0) is 13.3. The van der Waals surface area contributed by atoms with Crippen molar-refractivity contribution in [2.45, 2.75) is 29.8 Å². The summed E-state index contributed by atoms with van der Waals surface area (Å²) in [6.45, 7) is 3.73. The fourth-order valence-corrected chi connectivity index (χ4v) is 3.13. The Hall–Kier alpha value is -1.82. The largest absolute Gasteiger partial charge is 0.508 e. The number of nitrogens with zero attached hydrogens (tertiary/aromatic N) is 2. The SMILES string of the molecule is CC(C)n1nccc1S(=O)(=O)c1ccc(O)cc1. The predicted molar refractivity (Wildman–Crippen MR) is 66.2 cm³/mol. The summed E-state index contributed by atoms with van der Waals surface area (Å²) in [6, 6.07) is 6.89. The van der Waals surface area contributed by atoms with E-state index in [9.17, 15) is 13.5 Å². The third-order valence-electron chi connectivity index (χ3n) is 2.55. The Morgan fingerprint density at radius 2 is 1.78 bits per heavy atom. The smallest absolute Gasteiger partial charge is 0.223 e. The van der Waals surface area contributed by atoms with Gasteiger partial charge in [-0.1, -0.05) is 0 Å². The first-order valence-corrected chi connectivity index (χ1v) is 6.99. The van der Waals surface area contributed by atoms with Gasteiger partial charge in [0.2, 0.25) is 9.84 Å². The highest BCUT2D eigenvalue weighted by molar-refractivity contribution is 7.91. The van der Waals surface area contributed by atoms with E-state index in [1.807, 2.05) is 13.8 Å². The van der Waals surface area contributed by atoms with E-state index >= 15 is 0 Å². The van der Waals surface area contributed by atoms with E-state index in [-0.39, 0.29) is 21.7 Å². The molecule has 96 valence electrons. The molecule has 18 heavy (non-hydrogen) atoms. The lowest BCUT2D eigenvalue weighted by molar-refractivity contribution is 0.473. The molecule has 0 saturated heterocycles. The van der Waals surface area contributed by atoms with Crippen LogP contribution in [0.4, 0.5) is 0 Å². The summed E-state index contributed by atoms with van der Waals surface area (Å²) in [6.07, 6.45) is 1.47. The van der Waals surface area contributed by atoms with Gasteiger partial charge in [0, 0.05) is 6.04 Å². The number of phenolic OH excluding ortho intramolecular Hbond substituents is 1. The maximum absolute atomic E-state index is 12.4. The average molecular weight is 266 g/mol. The molecule has 0 bridgehead atoms. The fraction of sp³-hybridized carbons (Fsp3) is 0.250. The second-order valence-corrected chi connectivity index (χ2v) is 6.10. The summed E-state index contributed by atoms with van der Waals surface area (Å²) < 4.78 is 26.2. The standard InChI is InChI=1S/C12H14N2O3S/c1-9(2)14-12(7-8-13-14)18(16,17)11-5-3-10(15)4-6-11/h3-9,15H,1-2H3. The number of aromatic hydroxyl groups is 1. The lowest BCUT2D eigenvalue weighted by Gasteiger charge is -2.11. The Morgan fingerprint density at radius 1 is 1.17 bits per heavy atom. The maximum Gasteiger partial charge on any atom is 0.223 e. The number of sulfone groups is 1. The second kappa shape index (κ2) is 4.45. The second-order valence-electron chi connectivity index (χ2n) is 4.21. The van der Waals surface area contributed by atoms with E-state index in [1.54, 1.807) is 0 Å². The lowest BCUT2D eigenvalue weighted by atomic mass is 10.3. The topological polar surface area (TPSA) is 72.2 Å². The van der Waals surface area contributed by atoms with Gasteiger partial charge in [0.15, 0.2) is 5.03 Å². The van der Waals surface area contributed by atoms with Crippen molar-refractivity contribution in [2.75, 3.05) is 0 Å². The number of phenols is 1. The highest BCUT2D eigenvalue weighted by Gasteiger charge is 2.23. The van der Waals surface area contributed by atoms with Gasteiger partial charge in [-0.05, 0) is 44.2 Å². The number of rotatable bonds is 3. The Balaban J connectivity index is 2.55. The van der Waals surface area contributed by atoms with Crippen molar-refractivity contribution in [1.82, 2.24) is 9.78 Å². The molecule has 0 aliphatic heterocycles. The quantitative estimate of drug-likeness (QED) is 0.922. The van der Waals surface area contributed by atoms with Gasteiger partial charge in [0.05, 0.1) is 11.1 Å². The lowest BCUT2D eigenvalue weighted by Crippen LogP contribution is -2.13. The van der Waals surface area contributed by atoms with Crippen molar-refractivity contribution in [3.8, 4) is 5.75 Å². The van der Waals surface area contributed by atoms with Crippen LogP contribution in [0.1, 0.15) is 19.9 Å². The predicted octanol–water partition coefficient (Wildman–Crippen LogP) is 2.00. The van der Waals surface area contributed by atoms with Crippen molar-refractivity contribution in [3.05, 3.63) is 36.5 Å². The molecule has 0 fully saturated rings. The van der Waals surface area contributed by atoms with Crippen molar-refractivity contribution in [1.29, 1.82) is 0 Å². The molecular formula is C12H14N2O3S. The van der Waals surface area contributed by atoms with Crippen LogP contribution < -0.4 is 0 Å². The molecular weight excluding hydrogens is 252 g/mol. The minimum atomic E-state index is -3.60. The van der Waals surface area contributed by atoms with Crippen molar-refractivity contribution in [2.24, 2.45) is 0 Å². The van der Waals surface area contributed by atoms with Gasteiger partial charge >= 0.3 is 0 Å². The molecule has 1 N–H and O–H groups in total. The highest BCUT2D eigenvalue weighted by Crippen LogP contribution is 2.24. The molecule has 1 aromatic carbocycles. The van der Waals surface area contributed by atoms with Crippen LogP contribution in [0, 0.1) is 0 Å². The van der Waals surface area contributed by atoms with Crippen LogP contribution in [0.25, 0.3) is 0 Å². The highest BCUT2D eigenvalue weighted by atomic mass is 32.2. The Labute approximate surface area is 106 Å². The molecule has 0 aliphatic rings. The van der Waals surface area contributed by atoms with Crippen LogP contribution in [0.5, 0.6) is 5.75 Å². The van der Waals surface area contributed by atoms with Crippen molar-refractivity contribution >= 4 is 9.84 Å². The normalized spacial score (nSPS) is 11.9. The van der Waals surface area contributed by atoms with E-state index in [2.05, 4.69) is 5.10 Å². The third-order valence-corrected chi connectivity index (χ3v) is 4.31. The van der Waals surface area contributed by atoms with Crippen LogP contribution in [-0.2, 0) is 9.84 Å². The molecule has 2 rings (SSSR count). The first-order chi connectivity index (χ1) is 8.43. The number of benzene rings is 1. The molecule has 0 aliphatic carbocycles. The van der Waals surface area contributed by atoms with Crippen molar-refractivity contribution < 1.29 is 13.5 Å². The van der Waals surface area contributed by atoms with Crippen LogP contribution in [0.2, 0.25) is 0 Å². The molecule has 0 saturated carbocycles. The monoisotopic (exact) mass is 266 g/mol. The molecule has 0 radical (unpaired) electrons. The Bertz CT molecular complexity index is 642. The molecule has 1 heterocycles. The first kappa shape index (κ1) is 12.6. The van der Waals surface area contributed by atoms with E-state index in [4.69, 9.17) is 0 Å². The van der Waals surface area contributed by atoms with Gasteiger partial charge < -0.3 is 5.11 Å². The molecule has 5 nitrogen and oxygen atoms in total. The zero-order valence-corrected chi connectivity index (χ0v) is 10.9. The summed E-state index contributed by atoms with van der Waals surface area (Å²) in [7, 11) is -3.60. The van der Waals surface area contributed by atoms with E-state index in [0.717, 1.165) is 0 Å². The third kappa shape index (κ3) is 2.11. The summed E-state index contributed by atoms with van der Waals surface area (Å²) >= 11 is 0. The Kier molecular flexibility index (Phi) is 3.13. The van der Waals surface area contributed by atoms with Crippen LogP contribution >= 0.6 is 0 Å². The van der Waals surface area contributed by atoms with E-state index in [0.29, 0.717) is 0 Å². The summed E-state index contributed by atoms with van der Waals surface area (Å²) in [4.78, 5) is 0.141. The van der Waals surface area contributed by atoms with E-state index < -0.39 is 9.84 Å². The average Bonchev–Trinajstić information content (AvgIpc) is 2.79. The van der Waals surface area contributed by atoms with Gasteiger partial charge in [-0.25, -0.2) is 8.42 Å². The van der Waals surface area contributed by atoms with Gasteiger partial charge in [-0.15, -0.1) is 0 Å². The van der Waals surface area contributed by atoms with Crippen LogP contribution in [-0.4, -0.2) is 23.3 Å². The number of hydrogen-bond donors (Lipinski definition) is 1. The maximum atomic E-state index is 12.4. The van der Waals surface area contributed by atoms with Gasteiger partial charge in [-0.2, -0.15) is 5.10 Å². The number of aromatic nitrogens is 2.